The highest BCUT2D eigenvalue weighted by molar-refractivity contribution is 6.45. The maximum atomic E-state index is 12.9. The van der Waals surface area contributed by atoms with E-state index in [9.17, 15) is 29.2 Å². The van der Waals surface area contributed by atoms with Crippen molar-refractivity contribution in [1.29, 1.82) is 0 Å². The first-order valence-corrected chi connectivity index (χ1v) is 15.6. The summed E-state index contributed by atoms with van der Waals surface area (Å²) in [4.78, 5) is 58.5. The van der Waals surface area contributed by atoms with Gasteiger partial charge in [0.05, 0.1) is 12.9 Å². The number of nitrogens with one attached hydrogen (secondary N) is 1. The molecule has 17 heteroatoms. The highest BCUT2D eigenvalue weighted by Crippen LogP contribution is 2.24. The number of imidazole rings is 1. The Balaban J connectivity index is 0.000000262. The number of ether oxygens (including phenoxy) is 2. The van der Waals surface area contributed by atoms with Crippen LogP contribution in [0.15, 0.2) is 12.5 Å². The summed E-state index contributed by atoms with van der Waals surface area (Å²) in [7, 11) is 0.645. The van der Waals surface area contributed by atoms with Crippen molar-refractivity contribution in [3.05, 3.63) is 18.2 Å². The maximum absolute atomic E-state index is 12.9. The topological polar surface area (TPSA) is 170 Å². The first kappa shape index (κ1) is 33.7. The molecule has 1 aromatic heterocycles. The van der Waals surface area contributed by atoms with Crippen LogP contribution in [0.3, 0.4) is 0 Å². The van der Waals surface area contributed by atoms with Gasteiger partial charge in [0.15, 0.2) is 0 Å². The maximum Gasteiger partial charge on any atom is 0.418 e. The Labute approximate surface area is 259 Å². The number of cyclic esters (lactones) is 2. The second-order valence-electron chi connectivity index (χ2n) is 12.0. The van der Waals surface area contributed by atoms with Crippen LogP contribution >= 0.6 is 0 Å². The number of aryl methyl sites for hydroxylation is 1. The lowest BCUT2D eigenvalue weighted by Gasteiger charge is -2.40. The Morgan fingerprint density at radius 1 is 1.05 bits per heavy atom. The third-order valence-electron chi connectivity index (χ3n) is 8.88. The van der Waals surface area contributed by atoms with E-state index in [0.29, 0.717) is 58.2 Å². The van der Waals surface area contributed by atoms with Crippen molar-refractivity contribution >= 4 is 38.2 Å². The number of hydrogen-bond acceptors (Lipinski definition) is 11. The standard InChI is InChI=1S/C20H34BN5O4.C7H11BN2O4/c1-21(29)25-10-11-26(20(28)30-14-16-6-4-3-5-7-16)18(13-25)19(27)23-9-8-17-12-22-15-24(17)2;1-8(13)9-2-3-10-5(4-9)6(11)14-7(10)12/h12,15-16,18,29H,3-11,13-14H2,1-2H3,(H,23,27);5,13H,2-4H2,1H3/t18-;/m1./s1. The summed E-state index contributed by atoms with van der Waals surface area (Å²) < 4.78 is 12.0. The largest absolute Gasteiger partial charge is 0.449 e. The van der Waals surface area contributed by atoms with Crippen LogP contribution in [0.2, 0.25) is 13.6 Å². The van der Waals surface area contributed by atoms with Crippen molar-refractivity contribution < 1.29 is 38.7 Å². The molecule has 4 heterocycles. The zero-order valence-corrected chi connectivity index (χ0v) is 26.0. The van der Waals surface area contributed by atoms with Gasteiger partial charge in [-0.15, -0.1) is 0 Å². The Kier molecular flexibility index (Phi) is 12.1. The van der Waals surface area contributed by atoms with Crippen LogP contribution in [0.5, 0.6) is 0 Å². The summed E-state index contributed by atoms with van der Waals surface area (Å²) in [5.74, 6) is -0.315. The molecule has 0 bridgehead atoms. The second kappa shape index (κ2) is 15.7. The lowest BCUT2D eigenvalue weighted by molar-refractivity contribution is -0.136. The van der Waals surface area contributed by atoms with Gasteiger partial charge in [-0.05, 0) is 32.4 Å². The Morgan fingerprint density at radius 2 is 1.73 bits per heavy atom. The van der Waals surface area contributed by atoms with E-state index in [0.717, 1.165) is 18.5 Å². The second-order valence-corrected chi connectivity index (χ2v) is 12.0. The van der Waals surface area contributed by atoms with E-state index >= 15 is 0 Å². The van der Waals surface area contributed by atoms with Gasteiger partial charge < -0.3 is 39.0 Å². The fourth-order valence-corrected chi connectivity index (χ4v) is 6.05. The van der Waals surface area contributed by atoms with Crippen LogP contribution in [0.4, 0.5) is 9.59 Å². The van der Waals surface area contributed by atoms with Gasteiger partial charge in [0, 0.05) is 71.2 Å². The lowest BCUT2D eigenvalue weighted by Crippen LogP contribution is -2.63. The molecule has 3 saturated heterocycles. The van der Waals surface area contributed by atoms with E-state index in [2.05, 4.69) is 15.0 Å². The van der Waals surface area contributed by atoms with Crippen molar-refractivity contribution in [3.8, 4) is 0 Å². The van der Waals surface area contributed by atoms with Gasteiger partial charge in [0.1, 0.15) is 12.1 Å². The third kappa shape index (κ3) is 8.73. The van der Waals surface area contributed by atoms with Gasteiger partial charge in [0.25, 0.3) is 0 Å². The monoisotopic (exact) mass is 617 g/mol. The zero-order valence-electron chi connectivity index (χ0n) is 26.0. The molecular formula is C27H45B2N7O8. The molecular weight excluding hydrogens is 572 g/mol. The minimum absolute atomic E-state index is 0.225. The van der Waals surface area contributed by atoms with E-state index in [1.54, 1.807) is 35.8 Å². The molecule has 4 fully saturated rings. The highest BCUT2D eigenvalue weighted by atomic mass is 16.6. The molecule has 3 aliphatic heterocycles. The predicted octanol–water partition coefficient (Wildman–Crippen LogP) is -0.348. The van der Waals surface area contributed by atoms with Crippen LogP contribution in [0.25, 0.3) is 0 Å². The van der Waals surface area contributed by atoms with E-state index in [-0.39, 0.29) is 12.5 Å². The Hall–Kier alpha value is -3.14. The van der Waals surface area contributed by atoms with E-state index < -0.39 is 44.3 Å². The fraction of sp³-hybridized carbons (Fsp3) is 0.741. The molecule has 3 N–H and O–H groups in total. The number of carbonyl (C=O) groups is 4. The number of amides is 3. The molecule has 2 atom stereocenters. The van der Waals surface area contributed by atoms with Gasteiger partial charge in [-0.3, -0.25) is 14.6 Å². The molecule has 3 amide bonds. The van der Waals surface area contributed by atoms with Crippen molar-refractivity contribution in [1.82, 2.24) is 34.3 Å². The molecule has 4 aliphatic rings. The number of carbonyl (C=O) groups excluding carboxylic acids is 4. The zero-order chi connectivity index (χ0) is 31.8. The van der Waals surface area contributed by atoms with Crippen LogP contribution < -0.4 is 5.32 Å². The first-order valence-electron chi connectivity index (χ1n) is 15.6. The van der Waals surface area contributed by atoms with Crippen LogP contribution in [-0.4, -0.2) is 142 Å². The number of piperazine rings is 2. The molecule has 15 nitrogen and oxygen atoms in total. The van der Waals surface area contributed by atoms with Crippen LogP contribution in [-0.2, 0) is 32.5 Å². The van der Waals surface area contributed by atoms with E-state index in [1.807, 2.05) is 11.6 Å². The molecule has 1 aromatic rings. The normalized spacial score (nSPS) is 22.9. The first-order chi connectivity index (χ1) is 21.0. The lowest BCUT2D eigenvalue weighted by atomic mass is 9.83. The van der Waals surface area contributed by atoms with Gasteiger partial charge in [-0.2, -0.15) is 0 Å². The van der Waals surface area contributed by atoms with Gasteiger partial charge >= 0.3 is 32.3 Å². The molecule has 44 heavy (non-hydrogen) atoms. The fourth-order valence-electron chi connectivity index (χ4n) is 6.05. The van der Waals surface area contributed by atoms with Crippen molar-refractivity contribution in [3.63, 3.8) is 0 Å². The van der Waals surface area contributed by atoms with Crippen molar-refractivity contribution in [2.75, 3.05) is 52.4 Å². The predicted molar refractivity (Wildman–Crippen MR) is 161 cm³/mol. The Morgan fingerprint density at radius 3 is 2.39 bits per heavy atom. The van der Waals surface area contributed by atoms with Gasteiger partial charge in [-0.1, -0.05) is 19.3 Å². The molecule has 0 radical (unpaired) electrons. The van der Waals surface area contributed by atoms with Gasteiger partial charge in [-0.25, -0.2) is 19.4 Å². The smallest absolute Gasteiger partial charge is 0.418 e. The summed E-state index contributed by atoms with van der Waals surface area (Å²) in [6.07, 6.45) is 8.99. The SMILES string of the molecule is CB(O)N1CCN(C(=O)OCC2CCCCC2)[C@@H](C(=O)NCCc2cncn2C)C1.CB(O)N1CCN2C(=O)OC(=O)C2C1. The average Bonchev–Trinajstić information content (AvgIpc) is 3.56. The minimum Gasteiger partial charge on any atom is -0.449 e. The molecule has 5 rings (SSSR count). The van der Waals surface area contributed by atoms with Gasteiger partial charge in [0.2, 0.25) is 5.91 Å². The number of nitrogens with zero attached hydrogens (tertiary/aromatic N) is 6. The molecule has 0 spiro atoms. The number of hydrogen-bond donors (Lipinski definition) is 3. The summed E-state index contributed by atoms with van der Waals surface area (Å²) in [5, 5.41) is 22.2. The summed E-state index contributed by atoms with van der Waals surface area (Å²) >= 11 is 0. The number of esters is 1. The van der Waals surface area contributed by atoms with Crippen LogP contribution in [0, 0.1) is 5.92 Å². The number of fused-ring (bicyclic) bond motifs is 1. The molecule has 0 aromatic carbocycles. The quantitative estimate of drug-likeness (QED) is 0.198. The summed E-state index contributed by atoms with van der Waals surface area (Å²) in [6, 6.07) is -1.22. The molecule has 1 saturated carbocycles. The highest BCUT2D eigenvalue weighted by Gasteiger charge is 2.45. The Bertz CT molecular complexity index is 1150. The van der Waals surface area contributed by atoms with E-state index in [4.69, 9.17) is 4.74 Å². The molecule has 242 valence electrons. The molecule has 1 aliphatic carbocycles. The average molecular weight is 617 g/mol. The van der Waals surface area contributed by atoms with Crippen molar-refractivity contribution in [2.24, 2.45) is 13.0 Å². The number of aromatic nitrogens is 2. The molecule has 1 unspecified atom stereocenters. The van der Waals surface area contributed by atoms with Crippen molar-refractivity contribution in [2.45, 2.75) is 64.3 Å². The van der Waals surface area contributed by atoms with E-state index in [1.165, 1.54) is 29.1 Å². The summed E-state index contributed by atoms with van der Waals surface area (Å²) in [6.45, 7) is 6.68. The minimum atomic E-state index is -0.682. The van der Waals surface area contributed by atoms with Crippen LogP contribution in [0.1, 0.15) is 37.8 Å². The number of rotatable bonds is 8. The summed E-state index contributed by atoms with van der Waals surface area (Å²) in [5.41, 5.74) is 1.02. The third-order valence-corrected chi connectivity index (χ3v) is 8.88.